The lowest BCUT2D eigenvalue weighted by Gasteiger charge is -2.31. The predicted molar refractivity (Wildman–Crippen MR) is 113 cm³/mol. The van der Waals surface area contributed by atoms with E-state index in [-0.39, 0.29) is 37.0 Å². The molecule has 1 atom stereocenters. The van der Waals surface area contributed by atoms with E-state index in [1.54, 1.807) is 6.92 Å². The van der Waals surface area contributed by atoms with E-state index in [1.165, 1.54) is 17.7 Å². The zero-order valence-corrected chi connectivity index (χ0v) is 18.4. The zero-order valence-electron chi connectivity index (χ0n) is 18.4. The number of nitrogens with one attached hydrogen (secondary N) is 2. The maximum Gasteiger partial charge on any atom is 0.328 e. The molecule has 1 saturated heterocycles. The minimum atomic E-state index is -1.11. The molecule has 3 rings (SSSR count). The Morgan fingerprint density at radius 2 is 1.33 bits per heavy atom. The van der Waals surface area contributed by atoms with Crippen molar-refractivity contribution in [2.24, 2.45) is 0 Å². The largest absolute Gasteiger partial charge is 0.352 e. The molecule has 0 aromatic rings. The van der Waals surface area contributed by atoms with E-state index >= 15 is 0 Å². The van der Waals surface area contributed by atoms with E-state index in [4.69, 9.17) is 0 Å². The Morgan fingerprint density at radius 3 is 1.80 bits per heavy atom. The van der Waals surface area contributed by atoms with Crippen LogP contribution >= 0.6 is 0 Å². The van der Waals surface area contributed by atoms with Crippen molar-refractivity contribution in [2.45, 2.75) is 102 Å². The molecule has 0 bridgehead atoms. The van der Waals surface area contributed by atoms with Gasteiger partial charge in [-0.1, -0.05) is 45.4 Å². The molecule has 0 aromatic heterocycles. The van der Waals surface area contributed by atoms with Crippen molar-refractivity contribution in [2.75, 3.05) is 13.1 Å². The van der Waals surface area contributed by atoms with Crippen LogP contribution in [0.25, 0.3) is 0 Å². The van der Waals surface area contributed by atoms with E-state index in [0.717, 1.165) is 56.3 Å². The quantitative estimate of drug-likeness (QED) is 0.618. The fraction of sp³-hybridized carbons (Fsp3) is 0.818. The molecule has 3 fully saturated rings. The highest BCUT2D eigenvalue weighted by Crippen LogP contribution is 2.31. The van der Waals surface area contributed by atoms with Gasteiger partial charge in [0.1, 0.15) is 18.6 Å². The molecule has 2 saturated carbocycles. The Kier molecular flexibility index (Phi) is 7.36. The first kappa shape index (κ1) is 22.6. The number of urea groups is 1. The number of rotatable bonds is 7. The average molecular weight is 421 g/mol. The second-order valence-corrected chi connectivity index (χ2v) is 9.19. The summed E-state index contributed by atoms with van der Waals surface area (Å²) in [5, 5.41) is 5.97. The molecule has 1 aliphatic heterocycles. The molecule has 0 unspecified atom stereocenters. The van der Waals surface area contributed by atoms with E-state index in [1.807, 2.05) is 6.92 Å². The molecule has 5 amide bonds. The third-order valence-corrected chi connectivity index (χ3v) is 7.00. The van der Waals surface area contributed by atoms with Crippen LogP contribution in [0.15, 0.2) is 0 Å². The summed E-state index contributed by atoms with van der Waals surface area (Å²) in [6, 6.07) is -0.291. The van der Waals surface area contributed by atoms with Crippen LogP contribution in [0.5, 0.6) is 0 Å². The van der Waals surface area contributed by atoms with Gasteiger partial charge in [-0.05, 0) is 39.0 Å². The number of carbonyl (C=O) groups excluding carboxylic acids is 4. The van der Waals surface area contributed by atoms with Crippen LogP contribution in [0.4, 0.5) is 4.79 Å². The van der Waals surface area contributed by atoms with Gasteiger partial charge in [0, 0.05) is 12.1 Å². The van der Waals surface area contributed by atoms with E-state index in [9.17, 15) is 19.2 Å². The van der Waals surface area contributed by atoms with Gasteiger partial charge in [-0.15, -0.1) is 0 Å². The molecular formula is C22H36N4O4. The second-order valence-electron chi connectivity index (χ2n) is 9.19. The highest BCUT2D eigenvalue weighted by Gasteiger charge is 2.54. The summed E-state index contributed by atoms with van der Waals surface area (Å²) in [7, 11) is 0. The predicted octanol–water partition coefficient (Wildman–Crippen LogP) is 2.32. The number of nitrogens with zero attached hydrogens (tertiary/aromatic N) is 2. The molecule has 1 heterocycles. The smallest absolute Gasteiger partial charge is 0.328 e. The molecule has 8 nitrogen and oxygen atoms in total. The van der Waals surface area contributed by atoms with Crippen molar-refractivity contribution in [1.82, 2.24) is 20.4 Å². The van der Waals surface area contributed by atoms with E-state index in [0.29, 0.717) is 6.42 Å². The number of hydrogen-bond acceptors (Lipinski definition) is 4. The fourth-order valence-electron chi connectivity index (χ4n) is 4.90. The van der Waals surface area contributed by atoms with Gasteiger partial charge >= 0.3 is 6.03 Å². The van der Waals surface area contributed by atoms with Crippen LogP contribution in [0.3, 0.4) is 0 Å². The molecular weight excluding hydrogens is 384 g/mol. The van der Waals surface area contributed by atoms with Crippen LogP contribution < -0.4 is 10.6 Å². The maximum absolute atomic E-state index is 13.0. The molecule has 0 aromatic carbocycles. The number of hydrogen-bond donors (Lipinski definition) is 2. The third-order valence-electron chi connectivity index (χ3n) is 7.00. The molecule has 30 heavy (non-hydrogen) atoms. The second kappa shape index (κ2) is 9.79. The van der Waals surface area contributed by atoms with Crippen molar-refractivity contribution in [1.29, 1.82) is 0 Å². The minimum Gasteiger partial charge on any atom is -0.352 e. The molecule has 168 valence electrons. The Balaban J connectivity index is 1.61. The van der Waals surface area contributed by atoms with Crippen LogP contribution in [0.2, 0.25) is 0 Å². The third kappa shape index (κ3) is 4.95. The first-order valence-corrected chi connectivity index (χ1v) is 11.6. The van der Waals surface area contributed by atoms with Crippen LogP contribution in [0.1, 0.15) is 84.5 Å². The molecule has 2 aliphatic carbocycles. The van der Waals surface area contributed by atoms with Crippen molar-refractivity contribution in [3.05, 3.63) is 0 Å². The monoisotopic (exact) mass is 420 g/mol. The lowest BCUT2D eigenvalue weighted by atomic mass is 9.95. The van der Waals surface area contributed by atoms with Crippen LogP contribution in [-0.2, 0) is 14.4 Å². The van der Waals surface area contributed by atoms with E-state index in [2.05, 4.69) is 10.6 Å². The summed E-state index contributed by atoms with van der Waals surface area (Å²) in [6.07, 6.45) is 10.9. The van der Waals surface area contributed by atoms with Gasteiger partial charge < -0.3 is 15.5 Å². The summed E-state index contributed by atoms with van der Waals surface area (Å²) in [4.78, 5) is 53.5. The Bertz CT molecular complexity index is 670. The van der Waals surface area contributed by atoms with E-state index < -0.39 is 17.5 Å². The summed E-state index contributed by atoms with van der Waals surface area (Å²) < 4.78 is 0. The Morgan fingerprint density at radius 1 is 0.867 bits per heavy atom. The van der Waals surface area contributed by atoms with Crippen molar-refractivity contribution in [3.63, 3.8) is 0 Å². The SMILES string of the molecule is CC[C@@]1(C)C(=O)N(CC(=O)NC2CCCCC2)C(=O)N1CC(=O)NC1CCCCC1. The number of imide groups is 1. The van der Waals surface area contributed by atoms with Gasteiger partial charge in [0.25, 0.3) is 5.91 Å². The standard InChI is InChI=1S/C22H36N4O4/c1-3-22(2)20(29)25(14-18(27)23-16-10-6-4-7-11-16)21(30)26(22)15-19(28)24-17-12-8-5-9-13-17/h16-17H,3-15H2,1-2H3,(H,23,27)(H,24,28)/t22-/m0/s1. The van der Waals surface area contributed by atoms with Gasteiger partial charge in [-0.2, -0.15) is 0 Å². The lowest BCUT2D eigenvalue weighted by molar-refractivity contribution is -0.136. The molecule has 0 radical (unpaired) electrons. The molecule has 2 N–H and O–H groups in total. The molecule has 0 spiro atoms. The van der Waals surface area contributed by atoms with Crippen molar-refractivity contribution < 1.29 is 19.2 Å². The van der Waals surface area contributed by atoms with Crippen LogP contribution in [0, 0.1) is 0 Å². The summed E-state index contributed by atoms with van der Waals surface area (Å²) in [6.45, 7) is 3.06. The van der Waals surface area contributed by atoms with Gasteiger partial charge in [0.2, 0.25) is 11.8 Å². The first-order chi connectivity index (χ1) is 14.3. The Hall–Kier alpha value is -2.12. The minimum absolute atomic E-state index is 0.119. The van der Waals surface area contributed by atoms with Crippen molar-refractivity contribution in [3.8, 4) is 0 Å². The zero-order chi connectivity index (χ0) is 21.7. The van der Waals surface area contributed by atoms with Crippen LogP contribution in [-0.4, -0.2) is 64.3 Å². The number of carbonyl (C=O) groups is 4. The highest BCUT2D eigenvalue weighted by molar-refractivity contribution is 6.09. The van der Waals surface area contributed by atoms with Crippen molar-refractivity contribution >= 4 is 23.8 Å². The molecule has 3 aliphatic rings. The topological polar surface area (TPSA) is 98.8 Å². The van der Waals surface area contributed by atoms with Gasteiger partial charge in [-0.25, -0.2) is 4.79 Å². The summed E-state index contributed by atoms with van der Waals surface area (Å²) in [5.41, 5.74) is -1.11. The first-order valence-electron chi connectivity index (χ1n) is 11.6. The van der Waals surface area contributed by atoms with Gasteiger partial charge in [-0.3, -0.25) is 19.3 Å². The molecule has 8 heteroatoms. The highest BCUT2D eigenvalue weighted by atomic mass is 16.2. The average Bonchev–Trinajstić information content (AvgIpc) is 2.91. The summed E-state index contributed by atoms with van der Waals surface area (Å²) in [5.74, 6) is -0.953. The Labute approximate surface area is 179 Å². The summed E-state index contributed by atoms with van der Waals surface area (Å²) >= 11 is 0. The fourth-order valence-corrected chi connectivity index (χ4v) is 4.90. The van der Waals surface area contributed by atoms with Gasteiger partial charge in [0.15, 0.2) is 0 Å². The number of amides is 5. The lowest BCUT2D eigenvalue weighted by Crippen LogP contribution is -2.51. The normalized spacial score (nSPS) is 26.2. The maximum atomic E-state index is 13.0. The van der Waals surface area contributed by atoms with Gasteiger partial charge in [0.05, 0.1) is 0 Å².